The van der Waals surface area contributed by atoms with Gasteiger partial charge in [-0.2, -0.15) is 0 Å². The van der Waals surface area contributed by atoms with Gasteiger partial charge < -0.3 is 10.6 Å². The summed E-state index contributed by atoms with van der Waals surface area (Å²) in [6.07, 6.45) is 0. The SMILES string of the molecule is Cc1ccc(N2NC(C(=O)Nc3cccc(C(=O)Nc4cccc(F)c4)c3)=NCC2=O)cc1. The average Bonchev–Trinajstić information content (AvgIpc) is 2.80. The van der Waals surface area contributed by atoms with Crippen LogP contribution in [0.15, 0.2) is 77.8 Å². The fourth-order valence-corrected chi connectivity index (χ4v) is 3.14. The van der Waals surface area contributed by atoms with Gasteiger partial charge in [0.2, 0.25) is 5.84 Å². The lowest BCUT2D eigenvalue weighted by molar-refractivity contribution is -0.118. The van der Waals surface area contributed by atoms with Gasteiger partial charge in [0.15, 0.2) is 0 Å². The Bertz CT molecular complexity index is 1260. The quantitative estimate of drug-likeness (QED) is 0.561. The lowest BCUT2D eigenvalue weighted by Gasteiger charge is -2.27. The Morgan fingerprint density at radius 2 is 1.61 bits per heavy atom. The van der Waals surface area contributed by atoms with Crippen molar-refractivity contribution in [1.29, 1.82) is 0 Å². The summed E-state index contributed by atoms with van der Waals surface area (Å²) >= 11 is 0. The predicted octanol–water partition coefficient (Wildman–Crippen LogP) is 3.27. The first kappa shape index (κ1) is 21.7. The summed E-state index contributed by atoms with van der Waals surface area (Å²) in [6, 6.07) is 19.1. The van der Waals surface area contributed by atoms with Gasteiger partial charge in [-0.3, -0.25) is 24.8 Å². The molecule has 0 atom stereocenters. The van der Waals surface area contributed by atoms with Crippen LogP contribution in [0.3, 0.4) is 0 Å². The van der Waals surface area contributed by atoms with E-state index < -0.39 is 17.6 Å². The van der Waals surface area contributed by atoms with Crippen molar-refractivity contribution in [1.82, 2.24) is 5.43 Å². The van der Waals surface area contributed by atoms with E-state index in [2.05, 4.69) is 21.1 Å². The number of carbonyl (C=O) groups excluding carboxylic acids is 3. The minimum Gasteiger partial charge on any atom is -0.322 e. The number of benzene rings is 3. The molecule has 3 aromatic rings. The van der Waals surface area contributed by atoms with Gasteiger partial charge in [-0.25, -0.2) is 9.40 Å². The molecular weight excluding hydrogens is 425 g/mol. The van der Waals surface area contributed by atoms with Crippen molar-refractivity contribution in [3.63, 3.8) is 0 Å². The fourth-order valence-electron chi connectivity index (χ4n) is 3.14. The lowest BCUT2D eigenvalue weighted by Crippen LogP contribution is -2.54. The molecule has 0 fully saturated rings. The van der Waals surface area contributed by atoms with E-state index in [9.17, 15) is 18.8 Å². The molecule has 0 radical (unpaired) electrons. The molecule has 0 unspecified atom stereocenters. The fraction of sp³-hybridized carbons (Fsp3) is 0.0833. The molecular formula is C24H20FN5O3. The lowest BCUT2D eigenvalue weighted by atomic mass is 10.1. The van der Waals surface area contributed by atoms with Crippen LogP contribution in [0.25, 0.3) is 0 Å². The Morgan fingerprint density at radius 1 is 0.939 bits per heavy atom. The van der Waals surface area contributed by atoms with Gasteiger partial charge in [-0.1, -0.05) is 29.8 Å². The van der Waals surface area contributed by atoms with Crippen LogP contribution < -0.4 is 21.1 Å². The Hall–Kier alpha value is -4.53. The number of hydrogen-bond acceptors (Lipinski definition) is 5. The maximum absolute atomic E-state index is 13.3. The van der Waals surface area contributed by atoms with Gasteiger partial charge in [0.05, 0.1) is 5.69 Å². The first-order valence-electron chi connectivity index (χ1n) is 10.1. The van der Waals surface area contributed by atoms with E-state index in [0.29, 0.717) is 17.1 Å². The number of hydrazine groups is 1. The first-order valence-corrected chi connectivity index (χ1v) is 10.1. The number of nitrogens with zero attached hydrogens (tertiary/aromatic N) is 2. The van der Waals surface area contributed by atoms with Crippen molar-refractivity contribution in [2.75, 3.05) is 22.2 Å². The van der Waals surface area contributed by atoms with E-state index in [-0.39, 0.29) is 23.9 Å². The van der Waals surface area contributed by atoms with Crippen LogP contribution in [-0.4, -0.2) is 30.1 Å². The topological polar surface area (TPSA) is 103 Å². The molecule has 3 N–H and O–H groups in total. The van der Waals surface area contributed by atoms with Crippen LogP contribution in [0.1, 0.15) is 15.9 Å². The smallest absolute Gasteiger partial charge is 0.292 e. The number of aliphatic imine (C=N–C) groups is 1. The normalized spacial score (nSPS) is 13.1. The molecule has 166 valence electrons. The average molecular weight is 445 g/mol. The van der Waals surface area contributed by atoms with E-state index in [0.717, 1.165) is 5.56 Å². The number of rotatable bonds is 5. The second-order valence-electron chi connectivity index (χ2n) is 7.34. The summed E-state index contributed by atoms with van der Waals surface area (Å²) in [6.45, 7) is 1.75. The van der Waals surface area contributed by atoms with E-state index in [4.69, 9.17) is 0 Å². The summed E-state index contributed by atoms with van der Waals surface area (Å²) in [5.41, 5.74) is 5.31. The van der Waals surface area contributed by atoms with E-state index >= 15 is 0 Å². The molecule has 0 spiro atoms. The highest BCUT2D eigenvalue weighted by molar-refractivity contribution is 6.43. The Balaban J connectivity index is 1.44. The zero-order valence-corrected chi connectivity index (χ0v) is 17.6. The molecule has 9 heteroatoms. The second kappa shape index (κ2) is 9.31. The van der Waals surface area contributed by atoms with Gasteiger partial charge in [-0.15, -0.1) is 0 Å². The molecule has 0 aromatic heterocycles. The number of carbonyl (C=O) groups is 3. The number of amides is 3. The van der Waals surface area contributed by atoms with Crippen LogP contribution >= 0.6 is 0 Å². The summed E-state index contributed by atoms with van der Waals surface area (Å²) in [7, 11) is 0. The number of aryl methyl sites for hydroxylation is 1. The molecule has 0 bridgehead atoms. The molecule has 3 aromatic carbocycles. The second-order valence-corrected chi connectivity index (χ2v) is 7.34. The molecule has 0 saturated heterocycles. The molecule has 33 heavy (non-hydrogen) atoms. The summed E-state index contributed by atoms with van der Waals surface area (Å²) in [4.78, 5) is 41.5. The molecule has 0 saturated carbocycles. The number of amidine groups is 1. The summed E-state index contributed by atoms with van der Waals surface area (Å²) in [5.74, 6) is -1.83. The van der Waals surface area contributed by atoms with Crippen LogP contribution in [0.4, 0.5) is 21.5 Å². The minimum absolute atomic E-state index is 0.0372. The number of hydrogen-bond donors (Lipinski definition) is 3. The Kier molecular flexibility index (Phi) is 6.12. The van der Waals surface area contributed by atoms with Crippen LogP contribution in [0, 0.1) is 12.7 Å². The van der Waals surface area contributed by atoms with Crippen molar-refractivity contribution in [2.24, 2.45) is 4.99 Å². The van der Waals surface area contributed by atoms with Gasteiger partial charge >= 0.3 is 0 Å². The van der Waals surface area contributed by atoms with Gasteiger partial charge in [0.1, 0.15) is 12.4 Å². The zero-order chi connectivity index (χ0) is 23.4. The highest BCUT2D eigenvalue weighted by atomic mass is 19.1. The third kappa shape index (κ3) is 5.21. The molecule has 1 aliphatic rings. The third-order valence-corrected chi connectivity index (χ3v) is 4.81. The molecule has 1 aliphatic heterocycles. The van der Waals surface area contributed by atoms with Gasteiger partial charge in [-0.05, 0) is 55.5 Å². The zero-order valence-electron chi connectivity index (χ0n) is 17.6. The van der Waals surface area contributed by atoms with E-state index in [1.807, 2.05) is 19.1 Å². The highest BCUT2D eigenvalue weighted by Crippen LogP contribution is 2.17. The van der Waals surface area contributed by atoms with Crippen molar-refractivity contribution >= 4 is 40.6 Å². The third-order valence-electron chi connectivity index (χ3n) is 4.81. The van der Waals surface area contributed by atoms with E-state index in [1.54, 1.807) is 36.4 Å². The molecule has 3 amide bonds. The molecule has 1 heterocycles. The summed E-state index contributed by atoms with van der Waals surface area (Å²) < 4.78 is 13.3. The molecule has 4 rings (SSSR count). The predicted molar refractivity (Wildman–Crippen MR) is 124 cm³/mol. The van der Waals surface area contributed by atoms with Crippen molar-refractivity contribution in [2.45, 2.75) is 6.92 Å². The number of anilines is 3. The van der Waals surface area contributed by atoms with Crippen LogP contribution in [-0.2, 0) is 9.59 Å². The molecule has 8 nitrogen and oxygen atoms in total. The Labute approximate surface area is 189 Å². The van der Waals surface area contributed by atoms with Gasteiger partial charge in [0.25, 0.3) is 17.7 Å². The van der Waals surface area contributed by atoms with Crippen molar-refractivity contribution in [3.8, 4) is 0 Å². The van der Waals surface area contributed by atoms with Crippen molar-refractivity contribution in [3.05, 3.63) is 89.7 Å². The maximum Gasteiger partial charge on any atom is 0.292 e. The number of halogens is 1. The Morgan fingerprint density at radius 3 is 2.33 bits per heavy atom. The maximum atomic E-state index is 13.3. The van der Waals surface area contributed by atoms with Gasteiger partial charge in [0, 0.05) is 16.9 Å². The minimum atomic E-state index is -0.567. The largest absolute Gasteiger partial charge is 0.322 e. The highest BCUT2D eigenvalue weighted by Gasteiger charge is 2.25. The molecule has 0 aliphatic carbocycles. The van der Waals surface area contributed by atoms with Crippen LogP contribution in [0.2, 0.25) is 0 Å². The van der Waals surface area contributed by atoms with E-state index in [1.165, 1.54) is 29.3 Å². The first-order chi connectivity index (χ1) is 15.9. The summed E-state index contributed by atoms with van der Waals surface area (Å²) in [5, 5.41) is 6.54. The van der Waals surface area contributed by atoms with Crippen molar-refractivity contribution < 1.29 is 18.8 Å². The standard InChI is InChI=1S/C24H20FN5O3/c1-15-8-10-20(11-9-15)30-21(31)14-26-22(29-30)24(33)28-18-6-2-4-16(12-18)23(32)27-19-7-3-5-17(25)13-19/h2-13H,14H2,1H3,(H,26,29)(H,27,32)(H,28,33). The number of nitrogens with one attached hydrogen (secondary N) is 3. The monoisotopic (exact) mass is 445 g/mol. The van der Waals surface area contributed by atoms with Crippen LogP contribution in [0.5, 0.6) is 0 Å².